The van der Waals surface area contributed by atoms with Crippen molar-refractivity contribution in [2.75, 3.05) is 31.1 Å². The number of pyridine rings is 1. The van der Waals surface area contributed by atoms with Crippen LogP contribution in [0.5, 0.6) is 0 Å². The van der Waals surface area contributed by atoms with Crippen LogP contribution in [-0.4, -0.2) is 51.8 Å². The van der Waals surface area contributed by atoms with Crippen LogP contribution in [0.3, 0.4) is 0 Å². The molecular formula is C17H18N6O5. The number of benzene rings is 1. The molecule has 11 nitrogen and oxygen atoms in total. The van der Waals surface area contributed by atoms with Crippen LogP contribution < -0.4 is 10.6 Å². The van der Waals surface area contributed by atoms with Crippen LogP contribution in [0.2, 0.25) is 0 Å². The van der Waals surface area contributed by atoms with Gasteiger partial charge in [-0.1, -0.05) is 12.1 Å². The first-order valence-electron chi connectivity index (χ1n) is 8.50. The summed E-state index contributed by atoms with van der Waals surface area (Å²) in [4.78, 5) is 40.5. The van der Waals surface area contributed by atoms with Gasteiger partial charge in [0.1, 0.15) is 12.0 Å². The van der Waals surface area contributed by atoms with Gasteiger partial charge in [-0.25, -0.2) is 4.98 Å². The van der Waals surface area contributed by atoms with Crippen molar-refractivity contribution in [3.8, 4) is 0 Å². The van der Waals surface area contributed by atoms with Crippen molar-refractivity contribution in [3.05, 3.63) is 67.9 Å². The topological polar surface area (TPSA) is 149 Å². The van der Waals surface area contributed by atoms with E-state index < -0.39 is 15.8 Å². The van der Waals surface area contributed by atoms with E-state index in [2.05, 4.69) is 9.88 Å². The summed E-state index contributed by atoms with van der Waals surface area (Å²) in [6.07, 6.45) is 1.11. The van der Waals surface area contributed by atoms with Gasteiger partial charge in [0.25, 0.3) is 17.3 Å². The van der Waals surface area contributed by atoms with Crippen LogP contribution in [-0.2, 0) is 6.54 Å². The molecule has 0 bridgehead atoms. The number of nitro groups is 2. The molecule has 1 aromatic carbocycles. The molecule has 2 N–H and O–H groups in total. The lowest BCUT2D eigenvalue weighted by Gasteiger charge is -2.35. The summed E-state index contributed by atoms with van der Waals surface area (Å²) in [7, 11) is 0. The highest BCUT2D eigenvalue weighted by molar-refractivity contribution is 5.98. The maximum absolute atomic E-state index is 11.7. The van der Waals surface area contributed by atoms with Crippen molar-refractivity contribution in [2.24, 2.45) is 5.73 Å². The average Bonchev–Trinajstić information content (AvgIpc) is 2.68. The summed E-state index contributed by atoms with van der Waals surface area (Å²) in [5.41, 5.74) is 5.98. The zero-order valence-electron chi connectivity index (χ0n) is 14.9. The van der Waals surface area contributed by atoms with Gasteiger partial charge in [-0.3, -0.25) is 29.9 Å². The molecule has 1 aliphatic heterocycles. The number of anilines is 1. The first-order valence-corrected chi connectivity index (χ1v) is 8.50. The predicted molar refractivity (Wildman–Crippen MR) is 100.0 cm³/mol. The number of nitro benzene ring substituents is 1. The van der Waals surface area contributed by atoms with E-state index in [0.717, 1.165) is 17.8 Å². The number of hydrogen-bond donors (Lipinski definition) is 1. The lowest BCUT2D eigenvalue weighted by atomic mass is 10.1. The highest BCUT2D eigenvalue weighted by Crippen LogP contribution is 2.24. The maximum Gasteiger partial charge on any atom is 0.288 e. The number of amides is 1. The summed E-state index contributed by atoms with van der Waals surface area (Å²) in [5, 5.41) is 21.8. The molecule has 146 valence electrons. The van der Waals surface area contributed by atoms with E-state index in [1.807, 2.05) is 11.0 Å². The van der Waals surface area contributed by atoms with Gasteiger partial charge in [0.15, 0.2) is 0 Å². The molecule has 28 heavy (non-hydrogen) atoms. The molecule has 0 aliphatic carbocycles. The normalized spacial score (nSPS) is 14.6. The number of carbonyl (C=O) groups excluding carboxylic acids is 1. The lowest BCUT2D eigenvalue weighted by molar-refractivity contribution is -0.385. The van der Waals surface area contributed by atoms with E-state index in [0.29, 0.717) is 38.5 Å². The largest absolute Gasteiger partial charge is 0.365 e. The Morgan fingerprint density at radius 1 is 1.07 bits per heavy atom. The fraction of sp³-hybridized carbons (Fsp3) is 0.294. The van der Waals surface area contributed by atoms with Gasteiger partial charge in [0.05, 0.1) is 15.4 Å². The Morgan fingerprint density at radius 3 is 2.36 bits per heavy atom. The van der Waals surface area contributed by atoms with Crippen LogP contribution in [0.1, 0.15) is 15.9 Å². The summed E-state index contributed by atoms with van der Waals surface area (Å²) in [6.45, 7) is 2.92. The molecule has 1 aromatic heterocycles. The average molecular weight is 386 g/mol. The first-order chi connectivity index (χ1) is 13.3. The van der Waals surface area contributed by atoms with Gasteiger partial charge >= 0.3 is 0 Å². The molecule has 0 unspecified atom stereocenters. The molecule has 11 heteroatoms. The Morgan fingerprint density at radius 2 is 1.75 bits per heavy atom. The minimum atomic E-state index is -0.773. The molecule has 0 saturated carbocycles. The first kappa shape index (κ1) is 19.2. The third-order valence-corrected chi connectivity index (χ3v) is 4.53. The number of primary amides is 1. The quantitative estimate of drug-likeness (QED) is 0.577. The van der Waals surface area contributed by atoms with Crippen LogP contribution in [0.25, 0.3) is 0 Å². The van der Waals surface area contributed by atoms with Gasteiger partial charge in [-0.2, -0.15) is 0 Å². The van der Waals surface area contributed by atoms with Gasteiger partial charge in [-0.05, 0) is 5.56 Å². The van der Waals surface area contributed by atoms with Gasteiger partial charge in [-0.15, -0.1) is 0 Å². The Kier molecular flexibility index (Phi) is 5.45. The second-order valence-electron chi connectivity index (χ2n) is 6.38. The highest BCUT2D eigenvalue weighted by Gasteiger charge is 2.24. The Hall–Kier alpha value is -3.60. The number of rotatable bonds is 6. The molecule has 0 radical (unpaired) electrons. The molecule has 2 aromatic rings. The number of non-ortho nitro benzene ring substituents is 1. The number of hydrogen-bond acceptors (Lipinski definition) is 8. The van der Waals surface area contributed by atoms with E-state index in [1.54, 1.807) is 12.1 Å². The maximum atomic E-state index is 11.7. The summed E-state index contributed by atoms with van der Waals surface area (Å²) < 4.78 is 0. The fourth-order valence-electron chi connectivity index (χ4n) is 3.12. The van der Waals surface area contributed by atoms with Gasteiger partial charge in [0.2, 0.25) is 0 Å². The Bertz CT molecular complexity index is 926. The minimum Gasteiger partial charge on any atom is -0.365 e. The molecule has 2 heterocycles. The third-order valence-electron chi connectivity index (χ3n) is 4.53. The molecule has 3 rings (SSSR count). The van der Waals surface area contributed by atoms with Gasteiger partial charge in [0, 0.05) is 50.9 Å². The standard InChI is InChI=1S/C17H18N6O5/c18-16(24)15-9-14(23(27)28)10-19-17(15)21-6-4-20(5-7-21)11-12-2-1-3-13(8-12)22(25)26/h1-3,8-10H,4-7,11H2,(H2,18,24). The van der Waals surface area contributed by atoms with Crippen LogP contribution in [0.4, 0.5) is 17.2 Å². The summed E-state index contributed by atoms with van der Waals surface area (Å²) >= 11 is 0. The minimum absolute atomic E-state index is 0.0151. The molecule has 0 spiro atoms. The fourth-order valence-corrected chi connectivity index (χ4v) is 3.12. The number of nitrogens with zero attached hydrogens (tertiary/aromatic N) is 5. The number of aromatic nitrogens is 1. The zero-order chi connectivity index (χ0) is 20.3. The predicted octanol–water partition coefficient (Wildman–Crippen LogP) is 1.32. The van der Waals surface area contributed by atoms with E-state index in [4.69, 9.17) is 5.73 Å². The zero-order valence-corrected chi connectivity index (χ0v) is 14.9. The summed E-state index contributed by atoms with van der Waals surface area (Å²) in [5.74, 6) is -0.446. The van der Waals surface area contributed by atoms with Crippen molar-refractivity contribution in [1.82, 2.24) is 9.88 Å². The van der Waals surface area contributed by atoms with E-state index >= 15 is 0 Å². The molecule has 1 aliphatic rings. The monoisotopic (exact) mass is 386 g/mol. The second kappa shape index (κ2) is 7.96. The van der Waals surface area contributed by atoms with Crippen LogP contribution >= 0.6 is 0 Å². The van der Waals surface area contributed by atoms with Crippen molar-refractivity contribution in [3.63, 3.8) is 0 Å². The third kappa shape index (κ3) is 4.20. The molecule has 1 saturated heterocycles. The number of carbonyl (C=O) groups is 1. The second-order valence-corrected chi connectivity index (χ2v) is 6.38. The number of piperazine rings is 1. The smallest absolute Gasteiger partial charge is 0.288 e. The highest BCUT2D eigenvalue weighted by atomic mass is 16.6. The van der Waals surface area contributed by atoms with E-state index in [1.165, 1.54) is 6.07 Å². The Balaban J connectivity index is 1.69. The summed E-state index contributed by atoms with van der Waals surface area (Å²) in [6, 6.07) is 7.63. The molecule has 1 amide bonds. The van der Waals surface area contributed by atoms with Crippen molar-refractivity contribution in [2.45, 2.75) is 6.54 Å². The van der Waals surface area contributed by atoms with Crippen molar-refractivity contribution < 1.29 is 14.6 Å². The van der Waals surface area contributed by atoms with Crippen LogP contribution in [0, 0.1) is 20.2 Å². The van der Waals surface area contributed by atoms with Crippen molar-refractivity contribution in [1.29, 1.82) is 0 Å². The van der Waals surface area contributed by atoms with E-state index in [-0.39, 0.29) is 16.9 Å². The Labute approximate surface area is 159 Å². The van der Waals surface area contributed by atoms with Crippen molar-refractivity contribution >= 4 is 23.1 Å². The number of nitrogens with two attached hydrogens (primary N) is 1. The molecule has 1 fully saturated rings. The van der Waals surface area contributed by atoms with E-state index in [9.17, 15) is 25.0 Å². The molecular weight excluding hydrogens is 368 g/mol. The molecule has 0 atom stereocenters. The SMILES string of the molecule is NC(=O)c1cc([N+](=O)[O-])cnc1N1CCN(Cc2cccc([N+](=O)[O-])c2)CC1. The van der Waals surface area contributed by atoms with Gasteiger partial charge < -0.3 is 10.6 Å². The van der Waals surface area contributed by atoms with Crippen LogP contribution in [0.15, 0.2) is 36.5 Å². The lowest BCUT2D eigenvalue weighted by Crippen LogP contribution is -2.46.